The Hall–Kier alpha value is -2.66. The summed E-state index contributed by atoms with van der Waals surface area (Å²) in [4.78, 5) is 5.43. The van der Waals surface area contributed by atoms with Crippen LogP contribution in [0.5, 0.6) is 0 Å². The highest BCUT2D eigenvalue weighted by Gasteiger charge is 2.19. The van der Waals surface area contributed by atoms with Gasteiger partial charge in [0.25, 0.3) is 0 Å². The molecule has 0 saturated heterocycles. The van der Waals surface area contributed by atoms with Crippen LogP contribution in [0.1, 0.15) is 0 Å². The number of nitrogens with two attached hydrogens (primary N) is 1. The zero-order valence-electron chi connectivity index (χ0n) is 11.0. The number of anilines is 1. The summed E-state index contributed by atoms with van der Waals surface area (Å²) < 4.78 is 5.24. The number of nitrogens with zero attached hydrogens (tertiary/aromatic N) is 2. The van der Waals surface area contributed by atoms with Gasteiger partial charge < -0.3 is 10.3 Å². The number of fused-ring (bicyclic) bond motifs is 1. The van der Waals surface area contributed by atoms with Gasteiger partial charge in [-0.25, -0.2) is 0 Å². The summed E-state index contributed by atoms with van der Waals surface area (Å²) in [6.45, 7) is 0. The van der Waals surface area contributed by atoms with Gasteiger partial charge in [-0.3, -0.25) is 4.98 Å². The first-order valence-corrected chi connectivity index (χ1v) is 7.35. The minimum Gasteiger partial charge on any atom is -0.367 e. The number of thiophene rings is 1. The minimum absolute atomic E-state index is 0.341. The molecule has 0 atom stereocenters. The summed E-state index contributed by atoms with van der Waals surface area (Å²) >= 11 is 1.61. The van der Waals surface area contributed by atoms with E-state index >= 15 is 0 Å². The second-order valence-electron chi connectivity index (χ2n) is 4.62. The van der Waals surface area contributed by atoms with Crippen LogP contribution >= 0.6 is 11.3 Å². The lowest BCUT2D eigenvalue weighted by molar-refractivity contribution is 0.439. The van der Waals surface area contributed by atoms with Crippen molar-refractivity contribution in [3.63, 3.8) is 0 Å². The van der Waals surface area contributed by atoms with Gasteiger partial charge >= 0.3 is 0 Å². The number of pyridine rings is 1. The number of hydrogen-bond donors (Lipinski definition) is 1. The van der Waals surface area contributed by atoms with Crippen molar-refractivity contribution in [2.75, 3.05) is 5.73 Å². The van der Waals surface area contributed by atoms with E-state index in [1.807, 2.05) is 47.8 Å². The van der Waals surface area contributed by atoms with Crippen molar-refractivity contribution in [3.8, 4) is 21.7 Å². The molecule has 3 aromatic heterocycles. The van der Waals surface area contributed by atoms with E-state index in [4.69, 9.17) is 10.3 Å². The Kier molecular flexibility index (Phi) is 2.72. The monoisotopic (exact) mass is 293 g/mol. The van der Waals surface area contributed by atoms with Crippen molar-refractivity contribution in [1.29, 1.82) is 0 Å². The number of para-hydroxylation sites is 1. The molecule has 21 heavy (non-hydrogen) atoms. The van der Waals surface area contributed by atoms with E-state index in [1.165, 1.54) is 0 Å². The summed E-state index contributed by atoms with van der Waals surface area (Å²) in [5.74, 6) is 0.341. The van der Waals surface area contributed by atoms with Crippen LogP contribution in [0.25, 0.3) is 32.6 Å². The first-order valence-electron chi connectivity index (χ1n) is 6.48. The average Bonchev–Trinajstić information content (AvgIpc) is 3.16. The van der Waals surface area contributed by atoms with Gasteiger partial charge in [0, 0.05) is 22.0 Å². The zero-order chi connectivity index (χ0) is 14.2. The van der Waals surface area contributed by atoms with Gasteiger partial charge in [0.05, 0.1) is 11.1 Å². The summed E-state index contributed by atoms with van der Waals surface area (Å²) in [5, 5.41) is 7.21. The van der Waals surface area contributed by atoms with E-state index in [9.17, 15) is 0 Å². The van der Waals surface area contributed by atoms with Crippen LogP contribution < -0.4 is 5.73 Å². The van der Waals surface area contributed by atoms with E-state index in [-0.39, 0.29) is 0 Å². The van der Waals surface area contributed by atoms with Crippen LogP contribution in [0.2, 0.25) is 0 Å². The zero-order valence-corrected chi connectivity index (χ0v) is 11.8. The molecule has 0 spiro atoms. The SMILES string of the molecule is Nc1onc(-c2ccnc3ccccc23)c1-c1cccs1. The fraction of sp³-hybridized carbons (Fsp3) is 0. The van der Waals surface area contributed by atoms with Gasteiger partial charge in [0.2, 0.25) is 5.88 Å². The molecule has 4 nitrogen and oxygen atoms in total. The molecule has 4 rings (SSSR count). The minimum atomic E-state index is 0.341. The van der Waals surface area contributed by atoms with Gasteiger partial charge in [-0.2, -0.15) is 0 Å². The Balaban J connectivity index is 2.03. The molecule has 1 aromatic carbocycles. The first-order chi connectivity index (χ1) is 10.3. The Morgan fingerprint density at radius 2 is 1.95 bits per heavy atom. The lowest BCUT2D eigenvalue weighted by Crippen LogP contribution is -1.88. The Labute approximate surface area is 124 Å². The Bertz CT molecular complexity index is 907. The standard InChI is InChI=1S/C16H11N3OS/c17-16-14(13-6-3-9-21-13)15(19-20-16)11-7-8-18-12-5-2-1-4-10(11)12/h1-9H,17H2. The lowest BCUT2D eigenvalue weighted by Gasteiger charge is -2.04. The largest absolute Gasteiger partial charge is 0.367 e. The van der Waals surface area contributed by atoms with Crippen molar-refractivity contribution in [3.05, 3.63) is 54.0 Å². The number of benzene rings is 1. The number of hydrogen-bond acceptors (Lipinski definition) is 5. The molecule has 0 radical (unpaired) electrons. The third-order valence-electron chi connectivity index (χ3n) is 3.39. The molecule has 0 aliphatic heterocycles. The van der Waals surface area contributed by atoms with Crippen molar-refractivity contribution in [2.24, 2.45) is 0 Å². The van der Waals surface area contributed by atoms with Crippen molar-refractivity contribution in [1.82, 2.24) is 10.1 Å². The highest BCUT2D eigenvalue weighted by Crippen LogP contribution is 2.40. The summed E-state index contributed by atoms with van der Waals surface area (Å²) in [6, 6.07) is 13.9. The fourth-order valence-electron chi connectivity index (χ4n) is 2.45. The van der Waals surface area contributed by atoms with E-state index in [0.29, 0.717) is 5.88 Å². The normalized spacial score (nSPS) is 11.0. The third kappa shape index (κ3) is 1.90. The number of nitrogen functional groups attached to an aromatic ring is 1. The molecule has 0 fully saturated rings. The molecule has 0 unspecified atom stereocenters. The van der Waals surface area contributed by atoms with Crippen molar-refractivity contribution < 1.29 is 4.52 Å². The molecule has 102 valence electrons. The van der Waals surface area contributed by atoms with Crippen molar-refractivity contribution >= 4 is 28.1 Å². The molecule has 0 aliphatic carbocycles. The Morgan fingerprint density at radius 1 is 1.05 bits per heavy atom. The molecular weight excluding hydrogens is 282 g/mol. The van der Waals surface area contributed by atoms with Gasteiger partial charge in [-0.1, -0.05) is 29.4 Å². The summed E-state index contributed by atoms with van der Waals surface area (Å²) in [5.41, 5.74) is 9.48. The lowest BCUT2D eigenvalue weighted by atomic mass is 10.0. The molecule has 0 amide bonds. The predicted octanol–water partition coefficient (Wildman–Crippen LogP) is 4.20. The van der Waals surface area contributed by atoms with Crippen LogP contribution in [-0.4, -0.2) is 10.1 Å². The van der Waals surface area contributed by atoms with Crippen molar-refractivity contribution in [2.45, 2.75) is 0 Å². The van der Waals surface area contributed by atoms with E-state index in [1.54, 1.807) is 17.5 Å². The fourth-order valence-corrected chi connectivity index (χ4v) is 3.22. The smallest absolute Gasteiger partial charge is 0.231 e. The highest BCUT2D eigenvalue weighted by molar-refractivity contribution is 7.13. The molecule has 4 aromatic rings. The van der Waals surface area contributed by atoms with Crippen LogP contribution in [0.4, 0.5) is 5.88 Å². The third-order valence-corrected chi connectivity index (χ3v) is 4.28. The topological polar surface area (TPSA) is 64.9 Å². The number of aromatic nitrogens is 2. The maximum absolute atomic E-state index is 5.98. The van der Waals surface area contributed by atoms with Crippen LogP contribution in [0.3, 0.4) is 0 Å². The summed E-state index contributed by atoms with van der Waals surface area (Å²) in [7, 11) is 0. The van der Waals surface area contributed by atoms with Crippen LogP contribution in [0, 0.1) is 0 Å². The second kappa shape index (κ2) is 4.71. The summed E-state index contributed by atoms with van der Waals surface area (Å²) in [6.07, 6.45) is 1.78. The number of rotatable bonds is 2. The van der Waals surface area contributed by atoms with Crippen LogP contribution in [0.15, 0.2) is 58.6 Å². The maximum atomic E-state index is 5.98. The molecule has 3 heterocycles. The predicted molar refractivity (Wildman–Crippen MR) is 85.0 cm³/mol. The maximum Gasteiger partial charge on any atom is 0.231 e. The highest BCUT2D eigenvalue weighted by atomic mass is 32.1. The average molecular weight is 293 g/mol. The molecule has 5 heteroatoms. The molecule has 0 bridgehead atoms. The van der Waals surface area contributed by atoms with Gasteiger partial charge in [0.15, 0.2) is 0 Å². The second-order valence-corrected chi connectivity index (χ2v) is 5.57. The van der Waals surface area contributed by atoms with E-state index < -0.39 is 0 Å². The van der Waals surface area contributed by atoms with Crippen LogP contribution in [-0.2, 0) is 0 Å². The first kappa shape index (κ1) is 12.1. The van der Waals surface area contributed by atoms with Gasteiger partial charge in [0.1, 0.15) is 5.69 Å². The molecule has 0 aliphatic rings. The molecule has 2 N–H and O–H groups in total. The quantitative estimate of drug-likeness (QED) is 0.601. The van der Waals surface area contributed by atoms with Gasteiger partial charge in [-0.15, -0.1) is 11.3 Å². The Morgan fingerprint density at radius 3 is 2.81 bits per heavy atom. The van der Waals surface area contributed by atoms with E-state index in [0.717, 1.165) is 32.6 Å². The molecule has 0 saturated carbocycles. The van der Waals surface area contributed by atoms with E-state index in [2.05, 4.69) is 10.1 Å². The van der Waals surface area contributed by atoms with Gasteiger partial charge in [-0.05, 0) is 23.6 Å². The molecular formula is C16H11N3OS.